The molecule has 0 aliphatic rings. The lowest BCUT2D eigenvalue weighted by molar-refractivity contribution is 0.0894. The lowest BCUT2D eigenvalue weighted by Crippen LogP contribution is -2.52. The van der Waals surface area contributed by atoms with Crippen LogP contribution in [0.25, 0.3) is 0 Å². The van der Waals surface area contributed by atoms with Crippen molar-refractivity contribution in [1.82, 2.24) is 5.32 Å². The Morgan fingerprint density at radius 1 is 1.53 bits per heavy atom. The summed E-state index contributed by atoms with van der Waals surface area (Å²) in [4.78, 5) is 12.1. The van der Waals surface area contributed by atoms with Gasteiger partial charge in [0.05, 0.1) is 10.6 Å². The van der Waals surface area contributed by atoms with Gasteiger partial charge in [0.1, 0.15) is 0 Å². The lowest BCUT2D eigenvalue weighted by Gasteiger charge is -2.31. The molecule has 1 unspecified atom stereocenters. The molecule has 19 heavy (non-hydrogen) atoms. The van der Waals surface area contributed by atoms with E-state index in [1.54, 1.807) is 6.07 Å². The molecule has 0 fully saturated rings. The number of amides is 1. The van der Waals surface area contributed by atoms with Crippen LogP contribution in [0, 0.1) is 11.7 Å². The van der Waals surface area contributed by atoms with Gasteiger partial charge in [-0.25, -0.2) is 4.39 Å². The van der Waals surface area contributed by atoms with Gasteiger partial charge in [0.2, 0.25) is 0 Å². The molecule has 0 saturated carbocycles. The maximum atomic E-state index is 13.8. The third-order valence-corrected chi connectivity index (χ3v) is 3.21. The smallest absolute Gasteiger partial charge is 0.254 e. The number of hydrogen-bond acceptors (Lipinski definition) is 2. The van der Waals surface area contributed by atoms with Crippen molar-refractivity contribution in [2.24, 2.45) is 11.7 Å². The summed E-state index contributed by atoms with van der Waals surface area (Å²) in [6, 6.07) is 4.36. The molecule has 1 atom stereocenters. The standard InChI is InChI=1S/C14H20ClFN2O/c1-9(2)7-14(3,8-17)18-13(19)10-5-4-6-11(15)12(10)16/h4-6,9H,7-8,17H2,1-3H3,(H,18,19). The quantitative estimate of drug-likeness (QED) is 0.874. The van der Waals surface area contributed by atoms with Gasteiger partial charge < -0.3 is 11.1 Å². The minimum absolute atomic E-state index is 0.0593. The number of hydrogen-bond donors (Lipinski definition) is 2. The first kappa shape index (κ1) is 15.9. The Morgan fingerprint density at radius 2 is 2.16 bits per heavy atom. The van der Waals surface area contributed by atoms with Gasteiger partial charge in [-0.15, -0.1) is 0 Å². The Labute approximate surface area is 118 Å². The molecule has 1 aromatic rings. The summed E-state index contributed by atoms with van der Waals surface area (Å²) in [5.74, 6) is -0.822. The molecule has 1 rings (SSSR count). The second-order valence-electron chi connectivity index (χ2n) is 5.42. The average Bonchev–Trinajstić information content (AvgIpc) is 2.31. The molecule has 0 aromatic heterocycles. The van der Waals surface area contributed by atoms with Crippen LogP contribution in [0.5, 0.6) is 0 Å². The first-order valence-electron chi connectivity index (χ1n) is 6.25. The van der Waals surface area contributed by atoms with Gasteiger partial charge >= 0.3 is 0 Å². The van der Waals surface area contributed by atoms with E-state index in [2.05, 4.69) is 5.32 Å². The van der Waals surface area contributed by atoms with E-state index in [0.717, 1.165) is 6.42 Å². The van der Waals surface area contributed by atoms with Gasteiger partial charge in [-0.2, -0.15) is 0 Å². The van der Waals surface area contributed by atoms with Gasteiger partial charge in [0.25, 0.3) is 5.91 Å². The topological polar surface area (TPSA) is 55.1 Å². The number of rotatable bonds is 5. The predicted octanol–water partition coefficient (Wildman–Crippen LogP) is 2.97. The Balaban J connectivity index is 2.92. The van der Waals surface area contributed by atoms with Crippen LogP contribution in [0.1, 0.15) is 37.6 Å². The molecule has 0 aliphatic heterocycles. The molecule has 0 heterocycles. The molecule has 0 bridgehead atoms. The molecule has 5 heteroatoms. The number of halogens is 2. The second-order valence-corrected chi connectivity index (χ2v) is 5.83. The number of nitrogens with one attached hydrogen (secondary N) is 1. The molecule has 3 nitrogen and oxygen atoms in total. The molecular formula is C14H20ClFN2O. The third kappa shape index (κ3) is 4.18. The van der Waals surface area contributed by atoms with E-state index >= 15 is 0 Å². The largest absolute Gasteiger partial charge is 0.346 e. The van der Waals surface area contributed by atoms with E-state index in [9.17, 15) is 9.18 Å². The van der Waals surface area contributed by atoms with E-state index in [0.29, 0.717) is 12.5 Å². The zero-order valence-corrected chi connectivity index (χ0v) is 12.2. The van der Waals surface area contributed by atoms with Crippen molar-refractivity contribution in [3.8, 4) is 0 Å². The molecular weight excluding hydrogens is 267 g/mol. The average molecular weight is 287 g/mol. The Hall–Kier alpha value is -1.13. The van der Waals surface area contributed by atoms with E-state index in [4.69, 9.17) is 17.3 Å². The minimum atomic E-state index is -0.703. The fraction of sp³-hybridized carbons (Fsp3) is 0.500. The van der Waals surface area contributed by atoms with Crippen LogP contribution in [0.3, 0.4) is 0 Å². The van der Waals surface area contributed by atoms with Crippen molar-refractivity contribution in [2.45, 2.75) is 32.7 Å². The van der Waals surface area contributed by atoms with Gasteiger partial charge in [0, 0.05) is 12.1 Å². The second kappa shape index (κ2) is 6.35. The lowest BCUT2D eigenvalue weighted by atomic mass is 9.90. The van der Waals surface area contributed by atoms with E-state index in [1.165, 1.54) is 12.1 Å². The van der Waals surface area contributed by atoms with E-state index in [1.807, 2.05) is 20.8 Å². The fourth-order valence-corrected chi connectivity index (χ4v) is 2.28. The van der Waals surface area contributed by atoms with Crippen LogP contribution >= 0.6 is 11.6 Å². The fourth-order valence-electron chi connectivity index (χ4n) is 2.11. The van der Waals surface area contributed by atoms with Crippen molar-refractivity contribution in [1.29, 1.82) is 0 Å². The summed E-state index contributed by atoms with van der Waals surface area (Å²) in [5, 5.41) is 2.73. The molecule has 0 aliphatic carbocycles. The van der Waals surface area contributed by atoms with Crippen molar-refractivity contribution in [3.05, 3.63) is 34.6 Å². The summed E-state index contributed by atoms with van der Waals surface area (Å²) in [6.07, 6.45) is 0.720. The Morgan fingerprint density at radius 3 is 2.68 bits per heavy atom. The summed E-state index contributed by atoms with van der Waals surface area (Å²) >= 11 is 5.67. The van der Waals surface area contributed by atoms with Crippen LogP contribution in [-0.4, -0.2) is 18.0 Å². The normalized spacial score (nSPS) is 14.3. The predicted molar refractivity (Wildman–Crippen MR) is 75.8 cm³/mol. The first-order chi connectivity index (χ1) is 8.79. The summed E-state index contributed by atoms with van der Waals surface area (Å²) in [5.41, 5.74) is 5.10. The minimum Gasteiger partial charge on any atom is -0.346 e. The molecule has 1 amide bonds. The number of benzene rings is 1. The molecule has 3 N–H and O–H groups in total. The molecule has 106 valence electrons. The van der Waals surface area contributed by atoms with Crippen LogP contribution in [-0.2, 0) is 0 Å². The van der Waals surface area contributed by atoms with Crippen LogP contribution in [0.15, 0.2) is 18.2 Å². The van der Waals surface area contributed by atoms with Crippen molar-refractivity contribution < 1.29 is 9.18 Å². The molecule has 0 radical (unpaired) electrons. The zero-order chi connectivity index (χ0) is 14.6. The number of carbonyl (C=O) groups excluding carboxylic acids is 1. The summed E-state index contributed by atoms with van der Waals surface area (Å²) in [6.45, 7) is 6.23. The SMILES string of the molecule is CC(C)CC(C)(CN)NC(=O)c1cccc(Cl)c1F. The first-order valence-corrected chi connectivity index (χ1v) is 6.63. The van der Waals surface area contributed by atoms with E-state index in [-0.39, 0.29) is 10.6 Å². The highest BCUT2D eigenvalue weighted by Crippen LogP contribution is 2.20. The van der Waals surface area contributed by atoms with Crippen molar-refractivity contribution in [2.75, 3.05) is 6.54 Å². The molecule has 0 saturated heterocycles. The van der Waals surface area contributed by atoms with Crippen molar-refractivity contribution in [3.63, 3.8) is 0 Å². The summed E-state index contributed by atoms with van der Waals surface area (Å²) in [7, 11) is 0. The number of carbonyl (C=O) groups is 1. The monoisotopic (exact) mass is 286 g/mol. The Bertz CT molecular complexity index is 465. The van der Waals surface area contributed by atoms with Gasteiger partial charge in [-0.3, -0.25) is 4.79 Å². The summed E-state index contributed by atoms with van der Waals surface area (Å²) < 4.78 is 13.8. The highest BCUT2D eigenvalue weighted by atomic mass is 35.5. The zero-order valence-electron chi connectivity index (χ0n) is 11.5. The number of nitrogens with two attached hydrogens (primary N) is 1. The molecule has 1 aromatic carbocycles. The van der Waals surface area contributed by atoms with Gasteiger partial charge in [-0.05, 0) is 31.4 Å². The van der Waals surface area contributed by atoms with Gasteiger partial charge in [-0.1, -0.05) is 31.5 Å². The Kier molecular flexibility index (Phi) is 5.32. The molecule has 0 spiro atoms. The van der Waals surface area contributed by atoms with Crippen LogP contribution in [0.2, 0.25) is 5.02 Å². The van der Waals surface area contributed by atoms with Crippen LogP contribution in [0.4, 0.5) is 4.39 Å². The maximum absolute atomic E-state index is 13.8. The maximum Gasteiger partial charge on any atom is 0.254 e. The van der Waals surface area contributed by atoms with Gasteiger partial charge in [0.15, 0.2) is 5.82 Å². The highest BCUT2D eigenvalue weighted by Gasteiger charge is 2.27. The highest BCUT2D eigenvalue weighted by molar-refractivity contribution is 6.31. The van der Waals surface area contributed by atoms with E-state index < -0.39 is 17.3 Å². The van der Waals surface area contributed by atoms with Crippen LogP contribution < -0.4 is 11.1 Å². The van der Waals surface area contributed by atoms with Crippen molar-refractivity contribution >= 4 is 17.5 Å². The third-order valence-electron chi connectivity index (χ3n) is 2.92.